The Morgan fingerprint density at radius 2 is 2.05 bits per heavy atom. The van der Waals surface area contributed by atoms with E-state index in [1.54, 1.807) is 0 Å². The average molecular weight is 306 g/mol. The smallest absolute Gasteiger partial charge is 0.307 e. The Hall–Kier alpha value is -1.59. The number of thiazole rings is 1. The van der Waals surface area contributed by atoms with Gasteiger partial charge < -0.3 is 10.5 Å². The minimum absolute atomic E-state index is 0.0887. The number of nitrogens with zero attached hydrogens (tertiary/aromatic N) is 1. The van der Waals surface area contributed by atoms with E-state index in [1.165, 1.54) is 11.3 Å². The maximum atomic E-state index is 12.2. The van der Waals surface area contributed by atoms with E-state index in [1.807, 2.05) is 42.7 Å². The Kier molecular flexibility index (Phi) is 5.59. The highest BCUT2D eigenvalue weighted by atomic mass is 32.1. The first-order valence-corrected chi connectivity index (χ1v) is 8.13. The molecule has 0 amide bonds. The number of para-hydroxylation sites is 1. The van der Waals surface area contributed by atoms with E-state index in [0.717, 1.165) is 34.7 Å². The first-order chi connectivity index (χ1) is 10.2. The first-order valence-electron chi connectivity index (χ1n) is 7.31. The van der Waals surface area contributed by atoms with Gasteiger partial charge in [-0.05, 0) is 45.4 Å². The zero-order chi connectivity index (χ0) is 15.2. The topological polar surface area (TPSA) is 57.2 Å². The molecule has 5 heteroatoms. The summed E-state index contributed by atoms with van der Waals surface area (Å²) < 4.78 is 7.56. The third-order valence-corrected chi connectivity index (χ3v) is 4.24. The van der Waals surface area contributed by atoms with Crippen LogP contribution >= 0.6 is 11.3 Å². The van der Waals surface area contributed by atoms with Crippen molar-refractivity contribution in [3.63, 3.8) is 0 Å². The lowest BCUT2D eigenvalue weighted by molar-refractivity contribution is 0.341. The molecule has 114 valence electrons. The van der Waals surface area contributed by atoms with E-state index in [4.69, 9.17) is 10.5 Å². The molecule has 0 aliphatic rings. The van der Waals surface area contributed by atoms with Crippen molar-refractivity contribution in [2.24, 2.45) is 5.73 Å². The van der Waals surface area contributed by atoms with E-state index >= 15 is 0 Å². The highest BCUT2D eigenvalue weighted by molar-refractivity contribution is 7.09. The van der Waals surface area contributed by atoms with Gasteiger partial charge in [-0.15, -0.1) is 0 Å². The second kappa shape index (κ2) is 7.43. The number of aryl methyl sites for hydroxylation is 1. The Balaban J connectivity index is 2.46. The van der Waals surface area contributed by atoms with E-state index in [9.17, 15) is 4.79 Å². The molecular weight excluding hydrogens is 284 g/mol. The minimum Gasteiger partial charge on any atom is -0.493 e. The molecule has 21 heavy (non-hydrogen) atoms. The van der Waals surface area contributed by atoms with Gasteiger partial charge in [0.25, 0.3) is 0 Å². The van der Waals surface area contributed by atoms with Crippen molar-refractivity contribution < 1.29 is 4.74 Å². The molecule has 1 heterocycles. The Morgan fingerprint density at radius 1 is 1.29 bits per heavy atom. The highest BCUT2D eigenvalue weighted by Gasteiger charge is 2.16. The summed E-state index contributed by atoms with van der Waals surface area (Å²) in [5, 5.41) is 0. The van der Waals surface area contributed by atoms with Crippen LogP contribution < -0.4 is 15.3 Å². The van der Waals surface area contributed by atoms with Gasteiger partial charge in [-0.1, -0.05) is 23.5 Å². The van der Waals surface area contributed by atoms with Gasteiger partial charge in [-0.3, -0.25) is 9.36 Å². The molecule has 1 aromatic carbocycles. The molecule has 0 aliphatic heterocycles. The predicted molar refractivity (Wildman–Crippen MR) is 88.2 cm³/mol. The van der Waals surface area contributed by atoms with E-state index in [2.05, 4.69) is 0 Å². The second-order valence-corrected chi connectivity index (χ2v) is 6.02. The molecule has 0 unspecified atom stereocenters. The van der Waals surface area contributed by atoms with Crippen LogP contribution in [-0.4, -0.2) is 17.7 Å². The first kappa shape index (κ1) is 15.8. The van der Waals surface area contributed by atoms with Crippen LogP contribution in [0.4, 0.5) is 0 Å². The fraction of sp³-hybridized carbons (Fsp3) is 0.438. The lowest BCUT2D eigenvalue weighted by Crippen LogP contribution is -2.15. The van der Waals surface area contributed by atoms with Crippen LogP contribution in [-0.2, 0) is 6.54 Å². The fourth-order valence-electron chi connectivity index (χ4n) is 2.41. The van der Waals surface area contributed by atoms with E-state index in [-0.39, 0.29) is 4.87 Å². The summed E-state index contributed by atoms with van der Waals surface area (Å²) in [5.41, 5.74) is 7.51. The third kappa shape index (κ3) is 3.54. The summed E-state index contributed by atoms with van der Waals surface area (Å²) in [6, 6.07) is 7.89. The fourth-order valence-corrected chi connectivity index (χ4v) is 3.28. The van der Waals surface area contributed by atoms with Gasteiger partial charge in [0.05, 0.1) is 12.3 Å². The van der Waals surface area contributed by atoms with Crippen molar-refractivity contribution >= 4 is 11.3 Å². The summed E-state index contributed by atoms with van der Waals surface area (Å²) in [5.74, 6) is 0.827. The maximum Gasteiger partial charge on any atom is 0.307 e. The summed E-state index contributed by atoms with van der Waals surface area (Å²) in [6.45, 7) is 5.92. The molecule has 0 saturated heterocycles. The van der Waals surface area contributed by atoms with Gasteiger partial charge >= 0.3 is 4.87 Å². The van der Waals surface area contributed by atoms with Gasteiger partial charge in [-0.25, -0.2) is 0 Å². The second-order valence-electron chi connectivity index (χ2n) is 4.85. The number of hydrogen-bond acceptors (Lipinski definition) is 4. The number of ether oxygens (including phenoxy) is 1. The van der Waals surface area contributed by atoms with Gasteiger partial charge in [0.2, 0.25) is 0 Å². The van der Waals surface area contributed by atoms with E-state index < -0.39 is 0 Å². The third-order valence-electron chi connectivity index (χ3n) is 3.34. The number of nitrogens with two attached hydrogens (primary N) is 1. The monoisotopic (exact) mass is 306 g/mol. The number of rotatable bonds is 7. The summed E-state index contributed by atoms with van der Waals surface area (Å²) in [4.78, 5) is 13.3. The molecule has 0 bridgehead atoms. The Morgan fingerprint density at radius 3 is 2.76 bits per heavy atom. The summed E-state index contributed by atoms with van der Waals surface area (Å²) in [7, 11) is 0. The lowest BCUT2D eigenvalue weighted by atomic mass is 10.1. The van der Waals surface area contributed by atoms with Crippen molar-refractivity contribution in [1.82, 2.24) is 4.57 Å². The number of unbranched alkanes of at least 4 members (excludes halogenated alkanes) is 1. The maximum absolute atomic E-state index is 12.2. The lowest BCUT2D eigenvalue weighted by Gasteiger charge is -2.13. The Bertz CT molecular complexity index is 646. The standard InChI is InChI=1S/C16H22N2O2S/c1-3-20-14-9-5-4-8-13(14)15-12(2)21-16(19)18(15)11-7-6-10-17/h4-5,8-9H,3,6-7,10-11,17H2,1-2H3. The van der Waals surface area contributed by atoms with E-state index in [0.29, 0.717) is 19.7 Å². The SMILES string of the molecule is CCOc1ccccc1-c1c(C)sc(=O)n1CCCCN. The summed E-state index contributed by atoms with van der Waals surface area (Å²) in [6.07, 6.45) is 1.84. The Labute approximate surface area is 129 Å². The van der Waals surface area contributed by atoms with Crippen LogP contribution in [0.2, 0.25) is 0 Å². The molecule has 0 spiro atoms. The van der Waals surface area contributed by atoms with Crippen LogP contribution in [0.1, 0.15) is 24.6 Å². The molecule has 0 fully saturated rings. The number of aromatic nitrogens is 1. The van der Waals surface area contributed by atoms with Crippen LogP contribution in [0.3, 0.4) is 0 Å². The average Bonchev–Trinajstić information content (AvgIpc) is 2.75. The normalized spacial score (nSPS) is 10.8. The van der Waals surface area contributed by atoms with Crippen molar-refractivity contribution in [2.75, 3.05) is 13.2 Å². The molecule has 1 aromatic heterocycles. The zero-order valence-corrected chi connectivity index (χ0v) is 13.4. The molecule has 2 rings (SSSR count). The van der Waals surface area contributed by atoms with Crippen molar-refractivity contribution in [3.05, 3.63) is 38.8 Å². The molecule has 4 nitrogen and oxygen atoms in total. The van der Waals surface area contributed by atoms with Gasteiger partial charge in [-0.2, -0.15) is 0 Å². The van der Waals surface area contributed by atoms with Gasteiger partial charge in [0.15, 0.2) is 0 Å². The van der Waals surface area contributed by atoms with Crippen molar-refractivity contribution in [2.45, 2.75) is 33.2 Å². The van der Waals surface area contributed by atoms with Crippen molar-refractivity contribution in [1.29, 1.82) is 0 Å². The minimum atomic E-state index is 0.0887. The van der Waals surface area contributed by atoms with Crippen LogP contribution in [0.5, 0.6) is 5.75 Å². The number of benzene rings is 1. The molecule has 2 aromatic rings. The predicted octanol–water partition coefficient (Wildman–Crippen LogP) is 3.02. The van der Waals surface area contributed by atoms with Crippen LogP contribution in [0, 0.1) is 6.92 Å². The highest BCUT2D eigenvalue weighted by Crippen LogP contribution is 2.33. The van der Waals surface area contributed by atoms with Gasteiger partial charge in [0.1, 0.15) is 5.75 Å². The van der Waals surface area contributed by atoms with Crippen LogP contribution in [0.25, 0.3) is 11.3 Å². The molecular formula is C16H22N2O2S. The molecule has 0 saturated carbocycles. The zero-order valence-electron chi connectivity index (χ0n) is 12.6. The molecule has 0 aliphatic carbocycles. The van der Waals surface area contributed by atoms with Gasteiger partial charge in [0, 0.05) is 17.0 Å². The largest absolute Gasteiger partial charge is 0.493 e. The molecule has 0 atom stereocenters. The van der Waals surface area contributed by atoms with Crippen molar-refractivity contribution in [3.8, 4) is 17.0 Å². The number of hydrogen-bond donors (Lipinski definition) is 1. The summed E-state index contributed by atoms with van der Waals surface area (Å²) >= 11 is 1.30. The van der Waals surface area contributed by atoms with Crippen LogP contribution in [0.15, 0.2) is 29.1 Å². The quantitative estimate of drug-likeness (QED) is 0.800. The molecule has 0 radical (unpaired) electrons. The molecule has 2 N–H and O–H groups in total.